The number of benzene rings is 1. The Morgan fingerprint density at radius 2 is 1.70 bits per heavy atom. The number of nitrogens with zero attached hydrogens (tertiary/aromatic N) is 1. The van der Waals surface area contributed by atoms with Crippen LogP contribution in [-0.2, 0) is 16.4 Å². The van der Waals surface area contributed by atoms with Crippen molar-refractivity contribution in [3.8, 4) is 0 Å². The highest BCUT2D eigenvalue weighted by Gasteiger charge is 2.28. The van der Waals surface area contributed by atoms with Crippen molar-refractivity contribution in [1.82, 2.24) is 4.31 Å². The molecule has 4 nitrogen and oxygen atoms in total. The van der Waals surface area contributed by atoms with Crippen LogP contribution in [0.4, 0.5) is 0 Å². The fraction of sp³-hybridized carbons (Fsp3) is 0.600. The van der Waals surface area contributed by atoms with E-state index < -0.39 is 10.0 Å². The number of sulfonamides is 1. The molecule has 1 rings (SSSR count). The smallest absolute Gasteiger partial charge is 0.243 e. The monoisotopic (exact) mass is 298 g/mol. The maximum atomic E-state index is 12.6. The zero-order chi connectivity index (χ0) is 15.4. The molecule has 114 valence electrons. The molecule has 0 aliphatic carbocycles. The van der Waals surface area contributed by atoms with Crippen LogP contribution in [0.2, 0.25) is 0 Å². The molecule has 0 aromatic heterocycles. The molecule has 2 N–H and O–H groups in total. The zero-order valence-electron chi connectivity index (χ0n) is 12.9. The Hall–Kier alpha value is -0.910. The minimum atomic E-state index is -3.44. The minimum absolute atomic E-state index is 0.230. The predicted molar refractivity (Wildman–Crippen MR) is 83.1 cm³/mol. The lowest BCUT2D eigenvalue weighted by molar-refractivity contribution is 0.273. The van der Waals surface area contributed by atoms with Gasteiger partial charge in [-0.05, 0) is 36.1 Å². The van der Waals surface area contributed by atoms with Gasteiger partial charge in [-0.1, -0.05) is 39.8 Å². The summed E-state index contributed by atoms with van der Waals surface area (Å²) in [5.41, 5.74) is 6.61. The fourth-order valence-electron chi connectivity index (χ4n) is 1.95. The van der Waals surface area contributed by atoms with Crippen LogP contribution in [0.3, 0.4) is 0 Å². The molecule has 0 atom stereocenters. The van der Waals surface area contributed by atoms with Crippen molar-refractivity contribution in [1.29, 1.82) is 0 Å². The summed E-state index contributed by atoms with van der Waals surface area (Å²) >= 11 is 0. The Labute approximate surface area is 123 Å². The van der Waals surface area contributed by atoms with Crippen LogP contribution in [0.25, 0.3) is 0 Å². The maximum Gasteiger partial charge on any atom is 0.243 e. The van der Waals surface area contributed by atoms with Crippen molar-refractivity contribution in [2.75, 3.05) is 19.6 Å². The van der Waals surface area contributed by atoms with Gasteiger partial charge in [0.05, 0.1) is 4.90 Å². The summed E-state index contributed by atoms with van der Waals surface area (Å²) in [5, 5.41) is 0. The van der Waals surface area contributed by atoms with Gasteiger partial charge in [-0.2, -0.15) is 4.31 Å². The minimum Gasteiger partial charge on any atom is -0.330 e. The number of rotatable bonds is 7. The maximum absolute atomic E-state index is 12.6. The van der Waals surface area contributed by atoms with Crippen molar-refractivity contribution in [2.24, 2.45) is 11.1 Å². The first-order chi connectivity index (χ1) is 9.26. The highest BCUT2D eigenvalue weighted by atomic mass is 32.2. The van der Waals surface area contributed by atoms with Gasteiger partial charge in [0.25, 0.3) is 0 Å². The first-order valence-electron chi connectivity index (χ1n) is 7.06. The van der Waals surface area contributed by atoms with Gasteiger partial charge in [0.15, 0.2) is 0 Å². The molecule has 0 saturated heterocycles. The lowest BCUT2D eigenvalue weighted by Crippen LogP contribution is -2.41. The van der Waals surface area contributed by atoms with Crippen LogP contribution < -0.4 is 5.73 Å². The molecule has 20 heavy (non-hydrogen) atoms. The van der Waals surface area contributed by atoms with Crippen molar-refractivity contribution in [2.45, 2.75) is 39.0 Å². The van der Waals surface area contributed by atoms with Gasteiger partial charge in [0.1, 0.15) is 0 Å². The molecule has 0 saturated carbocycles. The molecular weight excluding hydrogens is 272 g/mol. The van der Waals surface area contributed by atoms with Gasteiger partial charge in [-0.15, -0.1) is 0 Å². The number of nitrogens with two attached hydrogens (primary N) is 1. The van der Waals surface area contributed by atoms with E-state index in [0.29, 0.717) is 24.5 Å². The van der Waals surface area contributed by atoms with Gasteiger partial charge in [0.2, 0.25) is 10.0 Å². The largest absolute Gasteiger partial charge is 0.330 e. The molecule has 0 aliphatic heterocycles. The molecule has 1 aromatic rings. The molecule has 0 spiro atoms. The molecule has 0 aliphatic rings. The van der Waals surface area contributed by atoms with Crippen LogP contribution >= 0.6 is 0 Å². The summed E-state index contributed by atoms with van der Waals surface area (Å²) < 4.78 is 26.8. The lowest BCUT2D eigenvalue weighted by atomic mass is 9.94. The molecule has 5 heteroatoms. The SMILES string of the molecule is CCc1ccc(S(=O)(=O)N(CC)CC(C)(C)CN)cc1. The summed E-state index contributed by atoms with van der Waals surface area (Å²) in [6.07, 6.45) is 0.901. The third kappa shape index (κ3) is 4.04. The Balaban J connectivity index is 3.05. The molecule has 0 radical (unpaired) electrons. The molecule has 0 fully saturated rings. The van der Waals surface area contributed by atoms with E-state index in [1.807, 2.05) is 39.8 Å². The molecular formula is C15H26N2O2S. The van der Waals surface area contributed by atoms with E-state index in [1.54, 1.807) is 12.1 Å². The van der Waals surface area contributed by atoms with Crippen molar-refractivity contribution < 1.29 is 8.42 Å². The van der Waals surface area contributed by atoms with Gasteiger partial charge in [-0.3, -0.25) is 0 Å². The van der Waals surface area contributed by atoms with Crippen molar-refractivity contribution in [3.05, 3.63) is 29.8 Å². The van der Waals surface area contributed by atoms with E-state index in [9.17, 15) is 8.42 Å². The second-order valence-electron chi connectivity index (χ2n) is 5.80. The summed E-state index contributed by atoms with van der Waals surface area (Å²) in [6.45, 7) is 9.18. The average molecular weight is 298 g/mol. The number of hydrogen-bond acceptors (Lipinski definition) is 3. The summed E-state index contributed by atoms with van der Waals surface area (Å²) in [6, 6.07) is 7.11. The average Bonchev–Trinajstić information content (AvgIpc) is 2.44. The Morgan fingerprint density at radius 3 is 2.10 bits per heavy atom. The Bertz CT molecular complexity index is 521. The Kier molecular flexibility index (Phi) is 5.74. The van der Waals surface area contributed by atoms with Gasteiger partial charge in [-0.25, -0.2) is 8.42 Å². The standard InChI is InChI=1S/C15H26N2O2S/c1-5-13-7-9-14(10-8-13)20(18,19)17(6-2)12-15(3,4)11-16/h7-10H,5-6,11-12,16H2,1-4H3. The van der Waals surface area contributed by atoms with E-state index in [4.69, 9.17) is 5.73 Å². The normalized spacial score (nSPS) is 12.9. The molecule has 0 bridgehead atoms. The quantitative estimate of drug-likeness (QED) is 0.839. The summed E-state index contributed by atoms with van der Waals surface area (Å²) in [7, 11) is -3.44. The molecule has 1 aromatic carbocycles. The first kappa shape index (κ1) is 17.1. The van der Waals surface area contributed by atoms with E-state index in [2.05, 4.69) is 0 Å². The van der Waals surface area contributed by atoms with Gasteiger partial charge < -0.3 is 5.73 Å². The van der Waals surface area contributed by atoms with Crippen LogP contribution in [0.15, 0.2) is 29.2 Å². The van der Waals surface area contributed by atoms with Crippen LogP contribution in [-0.4, -0.2) is 32.4 Å². The van der Waals surface area contributed by atoms with Gasteiger partial charge in [0, 0.05) is 13.1 Å². The molecule has 0 amide bonds. The van der Waals surface area contributed by atoms with E-state index in [1.165, 1.54) is 4.31 Å². The predicted octanol–water partition coefficient (Wildman–Crippen LogP) is 2.24. The van der Waals surface area contributed by atoms with E-state index in [0.717, 1.165) is 12.0 Å². The molecule has 0 unspecified atom stereocenters. The van der Waals surface area contributed by atoms with E-state index >= 15 is 0 Å². The lowest BCUT2D eigenvalue weighted by Gasteiger charge is -2.30. The molecule has 0 heterocycles. The first-order valence-corrected chi connectivity index (χ1v) is 8.50. The van der Waals surface area contributed by atoms with Crippen LogP contribution in [0.5, 0.6) is 0 Å². The highest BCUT2D eigenvalue weighted by Crippen LogP contribution is 2.22. The summed E-state index contributed by atoms with van der Waals surface area (Å²) in [5.74, 6) is 0. The second kappa shape index (κ2) is 6.70. The second-order valence-corrected chi connectivity index (χ2v) is 7.73. The topological polar surface area (TPSA) is 63.4 Å². The number of aryl methyl sites for hydroxylation is 1. The third-order valence-corrected chi connectivity index (χ3v) is 5.41. The van der Waals surface area contributed by atoms with E-state index in [-0.39, 0.29) is 5.41 Å². The Morgan fingerprint density at radius 1 is 1.15 bits per heavy atom. The van der Waals surface area contributed by atoms with Crippen LogP contribution in [0, 0.1) is 5.41 Å². The zero-order valence-corrected chi connectivity index (χ0v) is 13.7. The van der Waals surface area contributed by atoms with Crippen molar-refractivity contribution in [3.63, 3.8) is 0 Å². The van der Waals surface area contributed by atoms with Gasteiger partial charge >= 0.3 is 0 Å². The van der Waals surface area contributed by atoms with Crippen LogP contribution in [0.1, 0.15) is 33.3 Å². The summed E-state index contributed by atoms with van der Waals surface area (Å²) in [4.78, 5) is 0.351. The number of hydrogen-bond donors (Lipinski definition) is 1. The highest BCUT2D eigenvalue weighted by molar-refractivity contribution is 7.89. The fourth-order valence-corrected chi connectivity index (χ4v) is 3.59. The van der Waals surface area contributed by atoms with Crippen molar-refractivity contribution >= 4 is 10.0 Å². The third-order valence-electron chi connectivity index (χ3n) is 3.48.